The number of nitrogens with one attached hydrogen (secondary N) is 1. The summed E-state index contributed by atoms with van der Waals surface area (Å²) in [7, 11) is 0. The van der Waals surface area contributed by atoms with Crippen molar-refractivity contribution in [1.29, 1.82) is 0 Å². The van der Waals surface area contributed by atoms with Crippen molar-refractivity contribution in [3.05, 3.63) is 34.7 Å². The zero-order valence-corrected chi connectivity index (χ0v) is 9.01. The maximum absolute atomic E-state index is 5.61. The van der Waals surface area contributed by atoms with Gasteiger partial charge in [-0.05, 0) is 31.3 Å². The van der Waals surface area contributed by atoms with E-state index in [1.54, 1.807) is 0 Å². The molecule has 0 aliphatic heterocycles. The van der Waals surface area contributed by atoms with Gasteiger partial charge in [-0.2, -0.15) is 5.10 Å². The van der Waals surface area contributed by atoms with Crippen LogP contribution in [0.15, 0.2) is 24.3 Å². The first kappa shape index (κ1) is 9.79. The predicted molar refractivity (Wildman–Crippen MR) is 61.8 cm³/mol. The topological polar surface area (TPSA) is 67.6 Å². The number of anilines is 1. The van der Waals surface area contributed by atoms with E-state index in [0.717, 1.165) is 22.6 Å². The van der Waals surface area contributed by atoms with Gasteiger partial charge in [-0.15, -0.1) is 0 Å². The third kappa shape index (κ3) is 2.02. The minimum Gasteiger partial charge on any atom is -0.399 e. The van der Waals surface area contributed by atoms with Crippen LogP contribution in [0.1, 0.15) is 5.69 Å². The number of benzene rings is 1. The summed E-state index contributed by atoms with van der Waals surface area (Å²) in [6.07, 6.45) is 0. The standard InChI is InChI=1S/C10H10N4S/c1-6-9(13-14-10(15)12-6)7-2-4-8(11)5-3-7/h2-5H,11H2,1H3,(H,12,14,15). The molecule has 1 heterocycles. The maximum atomic E-state index is 5.61. The second-order valence-electron chi connectivity index (χ2n) is 3.20. The summed E-state index contributed by atoms with van der Waals surface area (Å²) in [5, 5.41) is 6.82. The van der Waals surface area contributed by atoms with Gasteiger partial charge in [-0.1, -0.05) is 12.1 Å². The smallest absolute Gasteiger partial charge is 0.213 e. The van der Waals surface area contributed by atoms with Gasteiger partial charge in [0.05, 0.1) is 5.69 Å². The molecule has 1 aromatic heterocycles. The monoisotopic (exact) mass is 218 g/mol. The SMILES string of the molecule is Cc1nc(=S)[nH]nc1-c1ccc(N)cc1. The van der Waals surface area contributed by atoms with Gasteiger partial charge in [0.15, 0.2) is 0 Å². The third-order valence-corrected chi connectivity index (χ3v) is 2.24. The molecular weight excluding hydrogens is 208 g/mol. The lowest BCUT2D eigenvalue weighted by Crippen LogP contribution is -1.96. The molecule has 0 atom stereocenters. The Morgan fingerprint density at radius 2 is 1.93 bits per heavy atom. The van der Waals surface area contributed by atoms with Crippen molar-refractivity contribution >= 4 is 17.9 Å². The van der Waals surface area contributed by atoms with Gasteiger partial charge in [0.2, 0.25) is 4.77 Å². The number of nitrogen functional groups attached to an aromatic ring is 1. The number of aromatic amines is 1. The minimum absolute atomic E-state index is 0.395. The second kappa shape index (κ2) is 3.78. The molecule has 0 saturated heterocycles. The van der Waals surface area contributed by atoms with Crippen LogP contribution in [0.4, 0.5) is 5.69 Å². The van der Waals surface area contributed by atoms with Crippen molar-refractivity contribution in [2.45, 2.75) is 6.92 Å². The normalized spacial score (nSPS) is 10.2. The molecule has 0 aliphatic carbocycles. The fourth-order valence-electron chi connectivity index (χ4n) is 1.33. The molecule has 0 aliphatic rings. The molecule has 0 fully saturated rings. The Kier molecular flexibility index (Phi) is 2.47. The molecule has 1 aromatic carbocycles. The van der Waals surface area contributed by atoms with E-state index in [4.69, 9.17) is 18.0 Å². The Hall–Kier alpha value is -1.75. The Bertz CT molecular complexity index is 530. The van der Waals surface area contributed by atoms with Gasteiger partial charge in [0.25, 0.3) is 0 Å². The lowest BCUT2D eigenvalue weighted by atomic mass is 10.1. The first-order valence-electron chi connectivity index (χ1n) is 4.46. The number of aryl methyl sites for hydroxylation is 1. The predicted octanol–water partition coefficient (Wildman–Crippen LogP) is 2.09. The van der Waals surface area contributed by atoms with E-state index in [1.807, 2.05) is 31.2 Å². The number of H-pyrrole nitrogens is 1. The van der Waals surface area contributed by atoms with Gasteiger partial charge in [-0.25, -0.2) is 4.98 Å². The highest BCUT2D eigenvalue weighted by atomic mass is 32.1. The minimum atomic E-state index is 0.395. The van der Waals surface area contributed by atoms with Crippen molar-refractivity contribution in [2.75, 3.05) is 5.73 Å². The number of hydrogen-bond acceptors (Lipinski definition) is 4. The average Bonchev–Trinajstić information content (AvgIpc) is 2.20. The number of hydrogen-bond donors (Lipinski definition) is 2. The highest BCUT2D eigenvalue weighted by molar-refractivity contribution is 7.71. The van der Waals surface area contributed by atoms with Gasteiger partial charge in [0.1, 0.15) is 5.69 Å². The number of nitrogens with two attached hydrogens (primary N) is 1. The molecule has 0 unspecified atom stereocenters. The van der Waals surface area contributed by atoms with E-state index in [9.17, 15) is 0 Å². The summed E-state index contributed by atoms with van der Waals surface area (Å²) in [5.41, 5.74) is 8.91. The van der Waals surface area contributed by atoms with Crippen LogP contribution in [0, 0.1) is 11.7 Å². The zero-order chi connectivity index (χ0) is 10.8. The van der Waals surface area contributed by atoms with E-state index in [2.05, 4.69) is 15.2 Å². The van der Waals surface area contributed by atoms with E-state index < -0.39 is 0 Å². The molecule has 2 aromatic rings. The second-order valence-corrected chi connectivity index (χ2v) is 3.58. The fraction of sp³-hybridized carbons (Fsp3) is 0.100. The Labute approximate surface area is 92.2 Å². The molecule has 15 heavy (non-hydrogen) atoms. The highest BCUT2D eigenvalue weighted by Crippen LogP contribution is 2.19. The lowest BCUT2D eigenvalue weighted by Gasteiger charge is -2.03. The molecule has 5 heteroatoms. The van der Waals surface area contributed by atoms with Crippen LogP contribution >= 0.6 is 12.2 Å². The first-order chi connectivity index (χ1) is 7.16. The van der Waals surface area contributed by atoms with E-state index in [-0.39, 0.29) is 0 Å². The Morgan fingerprint density at radius 1 is 1.27 bits per heavy atom. The van der Waals surface area contributed by atoms with E-state index in [1.165, 1.54) is 0 Å². The molecular formula is C10H10N4S. The van der Waals surface area contributed by atoms with Gasteiger partial charge in [0, 0.05) is 11.3 Å². The quantitative estimate of drug-likeness (QED) is 0.568. The summed E-state index contributed by atoms with van der Waals surface area (Å²) in [5.74, 6) is 0. The first-order valence-corrected chi connectivity index (χ1v) is 4.87. The Morgan fingerprint density at radius 3 is 2.53 bits per heavy atom. The number of aromatic nitrogens is 3. The summed E-state index contributed by atoms with van der Waals surface area (Å²) in [6.45, 7) is 1.88. The van der Waals surface area contributed by atoms with E-state index >= 15 is 0 Å². The van der Waals surface area contributed by atoms with Crippen molar-refractivity contribution in [3.8, 4) is 11.3 Å². The van der Waals surface area contributed by atoms with E-state index in [0.29, 0.717) is 4.77 Å². The van der Waals surface area contributed by atoms with Crippen LogP contribution in [-0.2, 0) is 0 Å². The number of nitrogens with zero attached hydrogens (tertiary/aromatic N) is 2. The molecule has 4 nitrogen and oxygen atoms in total. The lowest BCUT2D eigenvalue weighted by molar-refractivity contribution is 0.928. The van der Waals surface area contributed by atoms with Crippen LogP contribution in [0.2, 0.25) is 0 Å². The van der Waals surface area contributed by atoms with Gasteiger partial charge >= 0.3 is 0 Å². The van der Waals surface area contributed by atoms with Gasteiger partial charge < -0.3 is 5.73 Å². The van der Waals surface area contributed by atoms with Crippen molar-refractivity contribution in [3.63, 3.8) is 0 Å². The molecule has 3 N–H and O–H groups in total. The summed E-state index contributed by atoms with van der Waals surface area (Å²) in [4.78, 5) is 4.14. The van der Waals surface area contributed by atoms with Crippen LogP contribution in [-0.4, -0.2) is 15.2 Å². The maximum Gasteiger partial charge on any atom is 0.213 e. The van der Waals surface area contributed by atoms with Crippen molar-refractivity contribution < 1.29 is 0 Å². The Balaban J connectivity index is 2.54. The molecule has 2 rings (SSSR count). The van der Waals surface area contributed by atoms with Crippen molar-refractivity contribution in [2.24, 2.45) is 0 Å². The average molecular weight is 218 g/mol. The summed E-state index contributed by atoms with van der Waals surface area (Å²) < 4.78 is 0.395. The van der Waals surface area contributed by atoms with Crippen LogP contribution in [0.5, 0.6) is 0 Å². The molecule has 76 valence electrons. The van der Waals surface area contributed by atoms with Crippen LogP contribution in [0.3, 0.4) is 0 Å². The fourth-order valence-corrected chi connectivity index (χ4v) is 1.51. The highest BCUT2D eigenvalue weighted by Gasteiger charge is 2.03. The summed E-state index contributed by atoms with van der Waals surface area (Å²) in [6, 6.07) is 7.47. The molecule has 0 amide bonds. The number of rotatable bonds is 1. The molecule has 0 saturated carbocycles. The zero-order valence-electron chi connectivity index (χ0n) is 8.19. The van der Waals surface area contributed by atoms with Crippen LogP contribution in [0.25, 0.3) is 11.3 Å². The third-order valence-electron chi connectivity index (χ3n) is 2.06. The summed E-state index contributed by atoms with van der Waals surface area (Å²) >= 11 is 4.88. The van der Waals surface area contributed by atoms with Crippen molar-refractivity contribution in [1.82, 2.24) is 15.2 Å². The van der Waals surface area contributed by atoms with Crippen LogP contribution < -0.4 is 5.73 Å². The molecule has 0 spiro atoms. The molecule has 0 bridgehead atoms. The largest absolute Gasteiger partial charge is 0.399 e. The molecule has 0 radical (unpaired) electrons. The van der Waals surface area contributed by atoms with Gasteiger partial charge in [-0.3, -0.25) is 5.10 Å².